The lowest BCUT2D eigenvalue weighted by Gasteiger charge is -2.14. The Balaban J connectivity index is 1.89. The van der Waals surface area contributed by atoms with Crippen LogP contribution in [0.5, 0.6) is 11.5 Å². The molecule has 7 heteroatoms. The zero-order valence-corrected chi connectivity index (χ0v) is 16.7. The third-order valence-corrected chi connectivity index (χ3v) is 4.33. The molecule has 2 aromatic rings. The van der Waals surface area contributed by atoms with E-state index in [2.05, 4.69) is 19.2 Å². The third kappa shape index (κ3) is 4.14. The summed E-state index contributed by atoms with van der Waals surface area (Å²) in [6.07, 6.45) is 1.65. The van der Waals surface area contributed by atoms with Gasteiger partial charge in [-0.05, 0) is 54.0 Å². The number of rotatable bonds is 6. The van der Waals surface area contributed by atoms with Crippen LogP contribution in [0, 0.1) is 11.7 Å². The number of para-hydroxylation sites is 1. The van der Waals surface area contributed by atoms with Crippen LogP contribution in [0.15, 0.2) is 48.2 Å². The Hall–Kier alpha value is -2.93. The van der Waals surface area contributed by atoms with Gasteiger partial charge in [0.1, 0.15) is 11.5 Å². The highest BCUT2D eigenvalue weighted by Gasteiger charge is 2.33. The molecule has 0 unspecified atom stereocenters. The Labute approximate surface area is 168 Å². The van der Waals surface area contributed by atoms with Crippen LogP contribution in [-0.4, -0.2) is 24.7 Å². The van der Waals surface area contributed by atoms with Crippen molar-refractivity contribution in [3.8, 4) is 11.5 Å². The highest BCUT2D eigenvalue weighted by Crippen LogP contribution is 2.30. The number of methoxy groups -OCH3 is 1. The van der Waals surface area contributed by atoms with Gasteiger partial charge in [-0.25, -0.2) is 9.29 Å². The van der Waals surface area contributed by atoms with Gasteiger partial charge in [-0.15, -0.1) is 0 Å². The maximum Gasteiger partial charge on any atom is 0.281 e. The summed E-state index contributed by atoms with van der Waals surface area (Å²) in [6, 6.07) is 11.4. The van der Waals surface area contributed by atoms with Crippen molar-refractivity contribution in [3.63, 3.8) is 0 Å². The van der Waals surface area contributed by atoms with Crippen LogP contribution in [-0.2, 0) is 4.79 Å². The van der Waals surface area contributed by atoms with Crippen LogP contribution in [0.4, 0.5) is 10.1 Å². The van der Waals surface area contributed by atoms with Gasteiger partial charge < -0.3 is 14.8 Å². The summed E-state index contributed by atoms with van der Waals surface area (Å²) in [5.74, 6) is 0.615. The highest BCUT2D eigenvalue weighted by atomic mass is 32.1. The SMILES string of the molecule is COc1ccc(/C=C2\NC(=S)N(c3ccccc3F)C2=O)cc1OCC(C)C. The molecule has 1 amide bonds. The fraction of sp³-hybridized carbons (Fsp3) is 0.238. The minimum Gasteiger partial charge on any atom is -0.493 e. The van der Waals surface area contributed by atoms with E-state index in [1.165, 1.54) is 12.1 Å². The standard InChI is InChI=1S/C21H21FN2O3S/c1-13(2)12-27-19-11-14(8-9-18(19)26-3)10-16-20(25)24(21(28)23-16)17-7-5-4-6-15(17)22/h4-11,13H,12H2,1-3H3,(H,23,28)/b16-10-. The van der Waals surface area contributed by atoms with E-state index in [4.69, 9.17) is 21.7 Å². The van der Waals surface area contributed by atoms with Gasteiger partial charge in [-0.2, -0.15) is 0 Å². The first-order chi connectivity index (χ1) is 13.4. The molecule has 0 spiro atoms. The molecule has 0 bridgehead atoms. The molecule has 0 aliphatic carbocycles. The summed E-state index contributed by atoms with van der Waals surface area (Å²) in [6.45, 7) is 4.65. The number of nitrogens with zero attached hydrogens (tertiary/aromatic N) is 1. The van der Waals surface area contributed by atoms with Crippen molar-refractivity contribution >= 4 is 35.0 Å². The van der Waals surface area contributed by atoms with Crippen LogP contribution in [0.3, 0.4) is 0 Å². The van der Waals surface area contributed by atoms with Gasteiger partial charge in [0.25, 0.3) is 5.91 Å². The minimum absolute atomic E-state index is 0.115. The second-order valence-electron chi connectivity index (χ2n) is 6.70. The average Bonchev–Trinajstić information content (AvgIpc) is 2.94. The van der Waals surface area contributed by atoms with Crippen LogP contribution in [0.2, 0.25) is 0 Å². The van der Waals surface area contributed by atoms with Gasteiger partial charge in [0, 0.05) is 0 Å². The number of thiocarbonyl (C=S) groups is 1. The summed E-state index contributed by atoms with van der Waals surface area (Å²) < 4.78 is 25.2. The Kier molecular flexibility index (Phi) is 5.94. The van der Waals surface area contributed by atoms with Crippen molar-refractivity contribution in [2.75, 3.05) is 18.6 Å². The number of ether oxygens (including phenoxy) is 2. The second-order valence-corrected chi connectivity index (χ2v) is 7.08. The summed E-state index contributed by atoms with van der Waals surface area (Å²) in [5.41, 5.74) is 1.10. The number of benzene rings is 2. The molecule has 0 radical (unpaired) electrons. The van der Waals surface area contributed by atoms with E-state index >= 15 is 0 Å². The van der Waals surface area contributed by atoms with E-state index in [1.54, 1.807) is 43.5 Å². The predicted octanol–water partition coefficient (Wildman–Crippen LogP) is 4.13. The maximum atomic E-state index is 14.1. The number of hydrogen-bond donors (Lipinski definition) is 1. The van der Waals surface area contributed by atoms with Crippen LogP contribution < -0.4 is 19.7 Å². The maximum absolute atomic E-state index is 14.1. The lowest BCUT2D eigenvalue weighted by molar-refractivity contribution is -0.113. The highest BCUT2D eigenvalue weighted by molar-refractivity contribution is 7.80. The minimum atomic E-state index is -0.518. The number of nitrogens with one attached hydrogen (secondary N) is 1. The first-order valence-electron chi connectivity index (χ1n) is 8.83. The van der Waals surface area contributed by atoms with Crippen molar-refractivity contribution < 1.29 is 18.7 Å². The van der Waals surface area contributed by atoms with Crippen molar-refractivity contribution in [1.29, 1.82) is 0 Å². The Bertz CT molecular complexity index is 943. The Morgan fingerprint density at radius 1 is 1.21 bits per heavy atom. The van der Waals surface area contributed by atoms with Gasteiger partial charge in [0.2, 0.25) is 0 Å². The average molecular weight is 400 g/mol. The first kappa shape index (κ1) is 19.8. The van der Waals surface area contributed by atoms with Gasteiger partial charge in [0.15, 0.2) is 16.6 Å². The smallest absolute Gasteiger partial charge is 0.281 e. The number of halogens is 1. The molecule has 1 aliphatic rings. The summed E-state index contributed by atoms with van der Waals surface area (Å²) in [4.78, 5) is 13.9. The lowest BCUT2D eigenvalue weighted by atomic mass is 10.1. The molecule has 1 N–H and O–H groups in total. The number of carbonyl (C=O) groups excluding carboxylic acids is 1. The quantitative estimate of drug-likeness (QED) is 0.584. The molecule has 1 fully saturated rings. The molecular weight excluding hydrogens is 379 g/mol. The van der Waals surface area contributed by atoms with E-state index in [0.717, 1.165) is 10.5 Å². The Morgan fingerprint density at radius 2 is 1.96 bits per heavy atom. The monoisotopic (exact) mass is 400 g/mol. The van der Waals surface area contributed by atoms with Crippen molar-refractivity contribution in [2.24, 2.45) is 5.92 Å². The number of hydrogen-bond acceptors (Lipinski definition) is 4. The molecule has 1 aliphatic heterocycles. The molecule has 0 saturated carbocycles. The number of carbonyl (C=O) groups is 1. The molecule has 1 saturated heterocycles. The van der Waals surface area contributed by atoms with Gasteiger partial charge in [-0.3, -0.25) is 4.79 Å². The molecule has 2 aromatic carbocycles. The van der Waals surface area contributed by atoms with E-state index in [1.807, 2.05) is 0 Å². The van der Waals surface area contributed by atoms with Crippen LogP contribution in [0.1, 0.15) is 19.4 Å². The molecule has 5 nitrogen and oxygen atoms in total. The van der Waals surface area contributed by atoms with Crippen LogP contribution in [0.25, 0.3) is 6.08 Å². The van der Waals surface area contributed by atoms with E-state index in [9.17, 15) is 9.18 Å². The molecular formula is C21H21FN2O3S. The summed E-state index contributed by atoms with van der Waals surface area (Å²) in [5, 5.41) is 2.99. The molecule has 0 aromatic heterocycles. The summed E-state index contributed by atoms with van der Waals surface area (Å²) >= 11 is 5.23. The number of anilines is 1. The number of amides is 1. The third-order valence-electron chi connectivity index (χ3n) is 4.04. The zero-order chi connectivity index (χ0) is 20.3. The predicted molar refractivity (Wildman–Crippen MR) is 111 cm³/mol. The molecule has 28 heavy (non-hydrogen) atoms. The van der Waals surface area contributed by atoms with Gasteiger partial charge >= 0.3 is 0 Å². The van der Waals surface area contributed by atoms with E-state index in [0.29, 0.717) is 24.0 Å². The topological polar surface area (TPSA) is 50.8 Å². The second kappa shape index (κ2) is 8.39. The molecule has 1 heterocycles. The largest absolute Gasteiger partial charge is 0.493 e. The van der Waals surface area contributed by atoms with Crippen molar-refractivity contribution in [2.45, 2.75) is 13.8 Å². The fourth-order valence-corrected chi connectivity index (χ4v) is 3.00. The van der Waals surface area contributed by atoms with Crippen molar-refractivity contribution in [1.82, 2.24) is 5.32 Å². The van der Waals surface area contributed by atoms with Crippen LogP contribution >= 0.6 is 12.2 Å². The van der Waals surface area contributed by atoms with E-state index in [-0.39, 0.29) is 16.5 Å². The van der Waals surface area contributed by atoms with Gasteiger partial charge in [-0.1, -0.05) is 32.0 Å². The summed E-state index contributed by atoms with van der Waals surface area (Å²) in [7, 11) is 1.57. The fourth-order valence-electron chi connectivity index (χ4n) is 2.71. The van der Waals surface area contributed by atoms with Gasteiger partial charge in [0.05, 0.1) is 19.4 Å². The Morgan fingerprint density at radius 3 is 2.64 bits per heavy atom. The zero-order valence-electron chi connectivity index (χ0n) is 15.9. The lowest BCUT2D eigenvalue weighted by Crippen LogP contribution is -2.31. The van der Waals surface area contributed by atoms with Crippen molar-refractivity contribution in [3.05, 3.63) is 59.5 Å². The molecule has 0 atom stereocenters. The molecule has 3 rings (SSSR count). The first-order valence-corrected chi connectivity index (χ1v) is 9.24. The van der Waals surface area contributed by atoms with E-state index < -0.39 is 11.7 Å². The molecule has 146 valence electrons. The normalized spacial score (nSPS) is 15.3.